The minimum atomic E-state index is -1.17. The van der Waals surface area contributed by atoms with Gasteiger partial charge in [0.1, 0.15) is 18.0 Å². The Labute approximate surface area is 241 Å². The Morgan fingerprint density at radius 1 is 1.17 bits per heavy atom. The molecule has 2 N–H and O–H groups in total. The van der Waals surface area contributed by atoms with Crippen LogP contribution in [0.5, 0.6) is 5.88 Å². The van der Waals surface area contributed by atoms with E-state index in [0.717, 1.165) is 36.8 Å². The fourth-order valence-electron chi connectivity index (χ4n) is 6.89. The number of carbonyl (C=O) groups excluding carboxylic acids is 1. The van der Waals surface area contributed by atoms with Gasteiger partial charge in [-0.2, -0.15) is 0 Å². The van der Waals surface area contributed by atoms with Crippen molar-refractivity contribution < 1.29 is 28.6 Å². The van der Waals surface area contributed by atoms with Crippen molar-refractivity contribution >= 4 is 11.9 Å². The summed E-state index contributed by atoms with van der Waals surface area (Å²) in [5, 5.41) is 14.2. The molecule has 5 atom stereocenters. The first-order valence-electron chi connectivity index (χ1n) is 14.8. The van der Waals surface area contributed by atoms with E-state index in [0.29, 0.717) is 36.9 Å². The van der Waals surface area contributed by atoms with Gasteiger partial charge >= 0.3 is 5.97 Å². The number of hydrogen-bond acceptors (Lipinski definition) is 6. The van der Waals surface area contributed by atoms with Crippen LogP contribution in [0.25, 0.3) is 0 Å². The summed E-state index contributed by atoms with van der Waals surface area (Å²) in [6, 6.07) is 5.86. The SMILES string of the molecule is COc1ncc(C2CCC2)cc1CN[C@H]1[C@H](C(C)(C)C)[C@@H](C(=O)O)N(C(=O)[C@@H]2CCCCO2)[C@H]1c1ccccc1F. The molecule has 1 aromatic carbocycles. The van der Waals surface area contributed by atoms with E-state index in [1.807, 2.05) is 27.0 Å². The largest absolute Gasteiger partial charge is 0.481 e. The minimum absolute atomic E-state index is 0.292. The molecule has 2 saturated heterocycles. The lowest BCUT2D eigenvalue weighted by Crippen LogP contribution is -2.51. The highest BCUT2D eigenvalue weighted by atomic mass is 19.1. The van der Waals surface area contributed by atoms with Crippen molar-refractivity contribution in [2.75, 3.05) is 13.7 Å². The molecule has 0 spiro atoms. The summed E-state index contributed by atoms with van der Waals surface area (Å²) in [6.07, 6.45) is 6.77. The van der Waals surface area contributed by atoms with E-state index in [2.05, 4.69) is 16.4 Å². The highest BCUT2D eigenvalue weighted by Crippen LogP contribution is 2.49. The number of benzene rings is 1. The smallest absolute Gasteiger partial charge is 0.326 e. The van der Waals surface area contributed by atoms with Crippen molar-refractivity contribution in [2.45, 2.75) is 96.0 Å². The number of nitrogens with one attached hydrogen (secondary N) is 1. The van der Waals surface area contributed by atoms with Crippen LogP contribution in [0.2, 0.25) is 0 Å². The quantitative estimate of drug-likeness (QED) is 0.451. The molecule has 1 aliphatic carbocycles. The number of carboxylic acid groups (broad SMARTS) is 1. The van der Waals surface area contributed by atoms with E-state index in [1.54, 1.807) is 25.3 Å². The Morgan fingerprint density at radius 3 is 2.51 bits per heavy atom. The Bertz CT molecular complexity index is 1250. The second kappa shape index (κ2) is 12.1. The van der Waals surface area contributed by atoms with Crippen LogP contribution in [0, 0.1) is 17.2 Å². The average molecular weight is 568 g/mol. The molecule has 2 aromatic rings. The number of carbonyl (C=O) groups is 2. The molecule has 5 rings (SSSR count). The molecule has 1 amide bonds. The number of amides is 1. The highest BCUT2D eigenvalue weighted by molar-refractivity contribution is 5.88. The van der Waals surface area contributed by atoms with Gasteiger partial charge in [-0.1, -0.05) is 45.4 Å². The zero-order chi connectivity index (χ0) is 29.3. The standard InChI is InChI=1S/C32H42FN3O5/c1-32(2,3)25-26(34-18-21-16-20(19-10-9-11-19)17-35-29(21)40-4)27(22-12-5-6-13-23(22)33)36(28(25)31(38)39)30(37)24-14-7-8-15-41-24/h5-6,12-13,16-17,19,24-28,34H,7-11,14-15,18H2,1-4H3,(H,38,39)/t24-,25-,26-,27-,28-/m0/s1. The molecular weight excluding hydrogens is 525 g/mol. The second-order valence-electron chi connectivity index (χ2n) is 12.7. The van der Waals surface area contributed by atoms with E-state index < -0.39 is 53.3 Å². The maximum Gasteiger partial charge on any atom is 0.326 e. The fraction of sp³-hybridized carbons (Fsp3) is 0.594. The van der Waals surface area contributed by atoms with Gasteiger partial charge in [-0.15, -0.1) is 0 Å². The van der Waals surface area contributed by atoms with Gasteiger partial charge in [0.05, 0.1) is 13.2 Å². The first-order valence-corrected chi connectivity index (χ1v) is 14.8. The number of carboxylic acids is 1. The van der Waals surface area contributed by atoms with Gasteiger partial charge in [0, 0.05) is 42.4 Å². The normalized spacial score (nSPS) is 27.0. The zero-order valence-electron chi connectivity index (χ0n) is 24.4. The summed E-state index contributed by atoms with van der Waals surface area (Å²) in [6.45, 7) is 6.70. The fourth-order valence-corrected chi connectivity index (χ4v) is 6.89. The third kappa shape index (κ3) is 5.84. The van der Waals surface area contributed by atoms with Crippen LogP contribution in [-0.4, -0.2) is 58.8 Å². The molecule has 0 bridgehead atoms. The Balaban J connectivity index is 1.58. The zero-order valence-corrected chi connectivity index (χ0v) is 24.4. The number of nitrogens with zero attached hydrogens (tertiary/aromatic N) is 2. The van der Waals surface area contributed by atoms with Gasteiger partial charge in [0.15, 0.2) is 0 Å². The van der Waals surface area contributed by atoms with Gasteiger partial charge in [0.2, 0.25) is 5.88 Å². The molecule has 1 aromatic heterocycles. The topological polar surface area (TPSA) is 101 Å². The molecular formula is C32H42FN3O5. The summed E-state index contributed by atoms with van der Waals surface area (Å²) in [5.41, 5.74) is 1.76. The van der Waals surface area contributed by atoms with Gasteiger partial charge < -0.3 is 24.8 Å². The Morgan fingerprint density at radius 2 is 1.93 bits per heavy atom. The van der Waals surface area contributed by atoms with E-state index in [1.165, 1.54) is 17.4 Å². The Kier molecular flexibility index (Phi) is 8.66. The predicted octanol–water partition coefficient (Wildman–Crippen LogP) is 5.22. The Hall–Kier alpha value is -3.04. The molecule has 0 unspecified atom stereocenters. The van der Waals surface area contributed by atoms with Crippen LogP contribution < -0.4 is 10.1 Å². The number of likely N-dealkylation sites (tertiary alicyclic amines) is 1. The first-order chi connectivity index (χ1) is 19.6. The van der Waals surface area contributed by atoms with Gasteiger partial charge in [-0.3, -0.25) is 4.79 Å². The number of halogens is 1. The average Bonchev–Trinajstić information content (AvgIpc) is 3.27. The molecule has 8 nitrogen and oxygen atoms in total. The molecule has 222 valence electrons. The van der Waals surface area contributed by atoms with Crippen molar-refractivity contribution in [1.82, 2.24) is 15.2 Å². The van der Waals surface area contributed by atoms with E-state index >= 15 is 4.39 Å². The van der Waals surface area contributed by atoms with Crippen LogP contribution >= 0.6 is 0 Å². The summed E-state index contributed by atoms with van der Waals surface area (Å²) in [4.78, 5) is 33.1. The number of pyridine rings is 1. The lowest BCUT2D eigenvalue weighted by atomic mass is 9.72. The lowest BCUT2D eigenvalue weighted by molar-refractivity contribution is -0.159. The highest BCUT2D eigenvalue weighted by Gasteiger charge is 2.59. The number of aromatic nitrogens is 1. The molecule has 1 saturated carbocycles. The minimum Gasteiger partial charge on any atom is -0.481 e. The van der Waals surface area contributed by atoms with Crippen molar-refractivity contribution in [2.24, 2.45) is 11.3 Å². The number of hydrogen-bond donors (Lipinski definition) is 2. The number of rotatable bonds is 8. The lowest BCUT2D eigenvalue weighted by Gasteiger charge is -2.36. The molecule has 3 heterocycles. The third-order valence-electron chi connectivity index (χ3n) is 9.10. The molecule has 0 radical (unpaired) electrons. The van der Waals surface area contributed by atoms with Crippen molar-refractivity contribution in [1.29, 1.82) is 0 Å². The summed E-state index contributed by atoms with van der Waals surface area (Å²) < 4.78 is 27.0. The molecule has 41 heavy (non-hydrogen) atoms. The first kappa shape index (κ1) is 29.5. The van der Waals surface area contributed by atoms with E-state index in [4.69, 9.17) is 9.47 Å². The molecule has 9 heteroatoms. The summed E-state index contributed by atoms with van der Waals surface area (Å²) in [5.74, 6) is -1.54. The maximum absolute atomic E-state index is 15.5. The van der Waals surface area contributed by atoms with Gasteiger partial charge in [-0.25, -0.2) is 14.2 Å². The number of aliphatic carboxylic acids is 1. The number of methoxy groups -OCH3 is 1. The van der Waals surface area contributed by atoms with Crippen LogP contribution in [0.3, 0.4) is 0 Å². The van der Waals surface area contributed by atoms with Crippen LogP contribution in [-0.2, 0) is 20.9 Å². The predicted molar refractivity (Wildman–Crippen MR) is 152 cm³/mol. The van der Waals surface area contributed by atoms with Crippen molar-refractivity contribution in [3.8, 4) is 5.88 Å². The van der Waals surface area contributed by atoms with E-state index in [-0.39, 0.29) is 0 Å². The van der Waals surface area contributed by atoms with Crippen LogP contribution in [0.1, 0.15) is 87.9 Å². The van der Waals surface area contributed by atoms with Gasteiger partial charge in [0.25, 0.3) is 5.91 Å². The van der Waals surface area contributed by atoms with Crippen LogP contribution in [0.15, 0.2) is 36.5 Å². The van der Waals surface area contributed by atoms with Crippen molar-refractivity contribution in [3.63, 3.8) is 0 Å². The van der Waals surface area contributed by atoms with Crippen LogP contribution in [0.4, 0.5) is 4.39 Å². The van der Waals surface area contributed by atoms with Crippen molar-refractivity contribution in [3.05, 3.63) is 59.0 Å². The van der Waals surface area contributed by atoms with E-state index in [9.17, 15) is 14.7 Å². The summed E-state index contributed by atoms with van der Waals surface area (Å²) in [7, 11) is 1.58. The second-order valence-corrected chi connectivity index (χ2v) is 12.7. The monoisotopic (exact) mass is 567 g/mol. The third-order valence-corrected chi connectivity index (χ3v) is 9.10. The summed E-state index contributed by atoms with van der Waals surface area (Å²) >= 11 is 0. The van der Waals surface area contributed by atoms with Gasteiger partial charge in [-0.05, 0) is 61.1 Å². The molecule has 3 aliphatic rings. The molecule has 2 aliphatic heterocycles. The number of ether oxygens (including phenoxy) is 2. The maximum atomic E-state index is 15.5. The molecule has 3 fully saturated rings.